The van der Waals surface area contributed by atoms with Gasteiger partial charge in [-0.3, -0.25) is 0 Å². The van der Waals surface area contributed by atoms with Crippen LogP contribution in [0.2, 0.25) is 0 Å². The number of rotatable bonds is 2. The van der Waals surface area contributed by atoms with Gasteiger partial charge in [0, 0.05) is 59.4 Å². The van der Waals surface area contributed by atoms with Gasteiger partial charge in [0.2, 0.25) is 0 Å². The highest BCUT2D eigenvalue weighted by atomic mass is 32.1. The van der Waals surface area contributed by atoms with Gasteiger partial charge in [-0.25, -0.2) is 0 Å². The van der Waals surface area contributed by atoms with Crippen LogP contribution in [0.25, 0.3) is 20.2 Å². The van der Waals surface area contributed by atoms with E-state index in [1.165, 1.54) is 158 Å². The van der Waals surface area contributed by atoms with Gasteiger partial charge in [-0.15, -0.1) is 11.3 Å². The lowest BCUT2D eigenvalue weighted by Gasteiger charge is -2.49. The summed E-state index contributed by atoms with van der Waals surface area (Å²) in [5.41, 5.74) is 27.8. The van der Waals surface area contributed by atoms with Crippen LogP contribution in [0.3, 0.4) is 0 Å². The van der Waals surface area contributed by atoms with Crippen molar-refractivity contribution in [3.8, 4) is 0 Å². The topological polar surface area (TPSA) is 6.48 Å². The SMILES string of the molecule is Cc1cc2c3c(c1)N(c1ccccc1C)c1c(ccc4sc5cc6c(cc5c14)C(C)(C)CCC6(C)C)B3c1cc3c(cc1N2c1cc2c(cc1C)C(C)(C)CCC2(C)C)C(C)(C)c1ccccc1C3(C)C. The predicted molar refractivity (Wildman–Crippen MR) is 309 cm³/mol. The molecular weight excluding hydrogens is 876 g/mol. The van der Waals surface area contributed by atoms with Gasteiger partial charge in [0.15, 0.2) is 0 Å². The second kappa shape index (κ2) is 14.3. The van der Waals surface area contributed by atoms with Crippen LogP contribution in [0, 0.1) is 20.8 Å². The molecule has 7 aromatic carbocycles. The summed E-state index contributed by atoms with van der Waals surface area (Å²) in [6.45, 7) is 36.7. The summed E-state index contributed by atoms with van der Waals surface area (Å²) < 4.78 is 2.77. The van der Waals surface area contributed by atoms with Crippen molar-refractivity contribution in [3.63, 3.8) is 0 Å². The van der Waals surface area contributed by atoms with E-state index in [4.69, 9.17) is 0 Å². The van der Waals surface area contributed by atoms with Gasteiger partial charge in [0.05, 0.1) is 5.69 Å². The van der Waals surface area contributed by atoms with Crippen LogP contribution in [0.4, 0.5) is 34.1 Å². The molecule has 0 spiro atoms. The Morgan fingerprint density at radius 1 is 0.408 bits per heavy atom. The summed E-state index contributed by atoms with van der Waals surface area (Å²) in [5, 5.41) is 2.80. The molecule has 4 heteroatoms. The summed E-state index contributed by atoms with van der Waals surface area (Å²) in [5.74, 6) is 0. The maximum atomic E-state index is 2.74. The molecule has 0 amide bonds. The molecule has 13 rings (SSSR count). The lowest BCUT2D eigenvalue weighted by molar-refractivity contribution is 0.332. The van der Waals surface area contributed by atoms with Crippen molar-refractivity contribution in [2.75, 3.05) is 9.80 Å². The van der Waals surface area contributed by atoms with Crippen molar-refractivity contribution in [2.24, 2.45) is 0 Å². The third kappa shape index (κ3) is 6.07. The van der Waals surface area contributed by atoms with E-state index in [-0.39, 0.29) is 39.2 Å². The fraction of sp³-hybridized carbons (Fsp3) is 0.373. The Kier molecular flexibility index (Phi) is 9.15. The number of hydrogen-bond acceptors (Lipinski definition) is 3. The average Bonchev–Trinajstić information content (AvgIpc) is 3.69. The fourth-order valence-corrected chi connectivity index (χ4v) is 15.9. The number of para-hydroxylation sites is 1. The molecule has 5 aliphatic rings. The minimum Gasteiger partial charge on any atom is -0.311 e. The molecular formula is C67H71BN2S. The van der Waals surface area contributed by atoms with Crippen molar-refractivity contribution in [1.82, 2.24) is 0 Å². The van der Waals surface area contributed by atoms with E-state index in [1.54, 1.807) is 0 Å². The molecule has 358 valence electrons. The lowest BCUT2D eigenvalue weighted by atomic mass is 9.33. The van der Waals surface area contributed by atoms with Crippen LogP contribution in [-0.2, 0) is 32.5 Å². The minimum atomic E-state index is -0.202. The molecule has 0 fully saturated rings. The molecule has 1 aromatic heterocycles. The third-order valence-electron chi connectivity index (χ3n) is 19.3. The predicted octanol–water partition coefficient (Wildman–Crippen LogP) is 16.7. The van der Waals surface area contributed by atoms with Gasteiger partial charge < -0.3 is 9.80 Å². The highest BCUT2D eigenvalue weighted by molar-refractivity contribution is 7.26. The molecule has 0 saturated carbocycles. The van der Waals surface area contributed by atoms with Crippen LogP contribution in [0.15, 0.2) is 109 Å². The smallest absolute Gasteiger partial charge is 0.252 e. The molecule has 2 nitrogen and oxygen atoms in total. The van der Waals surface area contributed by atoms with Crippen molar-refractivity contribution in [2.45, 2.75) is 162 Å². The highest BCUT2D eigenvalue weighted by Crippen LogP contribution is 2.57. The first-order valence-electron chi connectivity index (χ1n) is 26.7. The first-order chi connectivity index (χ1) is 33.4. The fourth-order valence-electron chi connectivity index (χ4n) is 14.8. The van der Waals surface area contributed by atoms with Crippen LogP contribution < -0.4 is 26.2 Å². The number of benzene rings is 7. The molecule has 0 radical (unpaired) electrons. The molecule has 71 heavy (non-hydrogen) atoms. The van der Waals surface area contributed by atoms with Gasteiger partial charge >= 0.3 is 0 Å². The summed E-state index contributed by atoms with van der Waals surface area (Å²) in [6.07, 6.45) is 4.78. The molecule has 3 aliphatic carbocycles. The summed E-state index contributed by atoms with van der Waals surface area (Å²) in [6, 6.07) is 44.4. The monoisotopic (exact) mass is 947 g/mol. The second-order valence-electron chi connectivity index (χ2n) is 26.5. The van der Waals surface area contributed by atoms with E-state index in [0.717, 1.165) is 0 Å². The van der Waals surface area contributed by atoms with E-state index in [0.29, 0.717) is 0 Å². The zero-order chi connectivity index (χ0) is 49.9. The Balaban J connectivity index is 1.18. The number of hydrogen-bond donors (Lipinski definition) is 0. The number of fused-ring (bicyclic) bond motifs is 12. The largest absolute Gasteiger partial charge is 0.311 e. The molecule has 8 aromatic rings. The molecule has 2 aliphatic heterocycles. The van der Waals surface area contributed by atoms with Crippen LogP contribution in [0.1, 0.15) is 170 Å². The third-order valence-corrected chi connectivity index (χ3v) is 20.4. The zero-order valence-corrected chi connectivity index (χ0v) is 45.9. The van der Waals surface area contributed by atoms with Crippen molar-refractivity contribution in [1.29, 1.82) is 0 Å². The summed E-state index contributed by atoms with van der Waals surface area (Å²) in [4.78, 5) is 5.46. The van der Waals surface area contributed by atoms with E-state index in [9.17, 15) is 0 Å². The highest BCUT2D eigenvalue weighted by Gasteiger charge is 2.49. The Bertz CT molecular complexity index is 3670. The van der Waals surface area contributed by atoms with E-state index >= 15 is 0 Å². The van der Waals surface area contributed by atoms with Crippen molar-refractivity contribution >= 4 is 88.7 Å². The summed E-state index contributed by atoms with van der Waals surface area (Å²) in [7, 11) is 0. The van der Waals surface area contributed by atoms with Crippen LogP contribution >= 0.6 is 11.3 Å². The molecule has 0 N–H and O–H groups in total. The van der Waals surface area contributed by atoms with Gasteiger partial charge in [-0.05, 0) is 194 Å². The van der Waals surface area contributed by atoms with Crippen LogP contribution in [0.5, 0.6) is 0 Å². The zero-order valence-electron chi connectivity index (χ0n) is 45.1. The Hall–Kier alpha value is -5.58. The molecule has 3 heterocycles. The molecule has 0 unspecified atom stereocenters. The number of anilines is 6. The van der Waals surface area contributed by atoms with Gasteiger partial charge in [-0.2, -0.15) is 0 Å². The quantitative estimate of drug-likeness (QED) is 0.159. The standard InChI is InChI=1S/C67H71BN2S/c1-38-30-55-60-56(31-38)70(52-23-19-16-20-39(52)2)61-50(24-25-57-59(61)41-33-45-47(37-58(41)71-57)65(10,11)29-27-63(45,6)7)68(60)51-34-48-49(67(14,15)43-22-18-17-21-42(43)66(48,12)13)36-54(51)69(55)53-35-46-44(32-40(53)3)62(4,5)26-28-64(46,8)9/h16-25,30-37H,26-29H2,1-15H3. The van der Waals surface area contributed by atoms with Gasteiger partial charge in [0.25, 0.3) is 6.71 Å². The second-order valence-corrected chi connectivity index (χ2v) is 27.5. The Labute approximate surface area is 428 Å². The molecule has 0 bridgehead atoms. The normalized spacial score (nSPS) is 19.8. The Morgan fingerprint density at radius 3 is 1.55 bits per heavy atom. The van der Waals surface area contributed by atoms with Gasteiger partial charge in [0.1, 0.15) is 0 Å². The van der Waals surface area contributed by atoms with Crippen LogP contribution in [-0.4, -0.2) is 6.71 Å². The average molecular weight is 947 g/mol. The van der Waals surface area contributed by atoms with Crippen molar-refractivity contribution in [3.05, 3.63) is 170 Å². The number of aryl methyl sites for hydroxylation is 3. The van der Waals surface area contributed by atoms with E-state index in [2.05, 4.69) is 223 Å². The number of nitrogens with zero attached hydrogens (tertiary/aromatic N) is 2. The molecule has 0 atom stereocenters. The maximum Gasteiger partial charge on any atom is 0.252 e. The first-order valence-corrected chi connectivity index (χ1v) is 27.5. The van der Waals surface area contributed by atoms with E-state index < -0.39 is 0 Å². The van der Waals surface area contributed by atoms with Gasteiger partial charge in [-0.1, -0.05) is 144 Å². The maximum absolute atomic E-state index is 2.74. The lowest BCUT2D eigenvalue weighted by Crippen LogP contribution is -2.62. The summed E-state index contributed by atoms with van der Waals surface area (Å²) >= 11 is 1.99. The number of thiophene rings is 1. The Morgan fingerprint density at radius 2 is 0.930 bits per heavy atom. The van der Waals surface area contributed by atoms with Crippen molar-refractivity contribution < 1.29 is 0 Å². The molecule has 0 saturated heterocycles. The first kappa shape index (κ1) is 45.3. The minimum absolute atomic E-state index is 0.00385. The van der Waals surface area contributed by atoms with E-state index in [1.807, 2.05) is 11.3 Å².